The maximum atomic E-state index is 11.9. The summed E-state index contributed by atoms with van der Waals surface area (Å²) in [6.45, 7) is 6.02. The zero-order valence-electron chi connectivity index (χ0n) is 10.4. The number of hydrogen-bond donors (Lipinski definition) is 2. The zero-order valence-corrected chi connectivity index (χ0v) is 11.2. The first-order valence-corrected chi connectivity index (χ1v) is 7.05. The third kappa shape index (κ3) is 3.80. The van der Waals surface area contributed by atoms with Crippen molar-refractivity contribution in [2.45, 2.75) is 32.3 Å². The lowest BCUT2D eigenvalue weighted by atomic mass is 10.1. The van der Waals surface area contributed by atoms with Gasteiger partial charge in [-0.25, -0.2) is 13.1 Å². The number of hydrogen-bond acceptors (Lipinski definition) is 3. The molecule has 0 saturated heterocycles. The van der Waals surface area contributed by atoms with Gasteiger partial charge in [-0.2, -0.15) is 0 Å². The van der Waals surface area contributed by atoms with Crippen molar-refractivity contribution in [3.63, 3.8) is 0 Å². The second-order valence-electron chi connectivity index (χ2n) is 4.49. The van der Waals surface area contributed by atoms with E-state index in [0.717, 1.165) is 11.1 Å². The van der Waals surface area contributed by atoms with Crippen molar-refractivity contribution in [1.82, 2.24) is 4.72 Å². The first-order valence-electron chi connectivity index (χ1n) is 5.57. The second-order valence-corrected chi connectivity index (χ2v) is 6.26. The highest BCUT2D eigenvalue weighted by Crippen LogP contribution is 2.15. The predicted octanol–water partition coefficient (Wildman–Crippen LogP) is 1.42. The molecule has 1 aromatic rings. The summed E-state index contributed by atoms with van der Waals surface area (Å²) in [4.78, 5) is 0.243. The maximum Gasteiger partial charge on any atom is 0.240 e. The van der Waals surface area contributed by atoms with Crippen molar-refractivity contribution < 1.29 is 13.5 Å². The highest BCUT2D eigenvalue weighted by molar-refractivity contribution is 7.89. The molecule has 0 aliphatic heterocycles. The molecule has 0 aromatic heterocycles. The highest BCUT2D eigenvalue weighted by Gasteiger charge is 2.14. The van der Waals surface area contributed by atoms with Gasteiger partial charge >= 0.3 is 0 Å². The van der Waals surface area contributed by atoms with E-state index in [2.05, 4.69) is 4.72 Å². The summed E-state index contributed by atoms with van der Waals surface area (Å²) < 4.78 is 26.4. The van der Waals surface area contributed by atoms with Gasteiger partial charge in [0.1, 0.15) is 0 Å². The number of aliphatic hydroxyl groups excluding tert-OH is 1. The molecule has 0 atom stereocenters. The standard InChI is InChI=1S/C12H19NO3S/c1-9(2)7-13-17(15,16)12-5-4-11(8-14)10(3)6-12/h4-6,9,13-14H,7-8H2,1-3H3. The zero-order chi connectivity index (χ0) is 13.1. The van der Waals surface area contributed by atoms with Crippen LogP contribution in [0.4, 0.5) is 0 Å². The minimum Gasteiger partial charge on any atom is -0.392 e. The van der Waals surface area contributed by atoms with Crippen LogP contribution in [0.1, 0.15) is 25.0 Å². The van der Waals surface area contributed by atoms with Gasteiger partial charge in [-0.05, 0) is 36.1 Å². The smallest absolute Gasteiger partial charge is 0.240 e. The number of benzene rings is 1. The van der Waals surface area contributed by atoms with Crippen LogP contribution in [0.3, 0.4) is 0 Å². The third-order valence-electron chi connectivity index (χ3n) is 2.48. The van der Waals surface area contributed by atoms with Crippen LogP contribution in [0.25, 0.3) is 0 Å². The molecule has 0 saturated carbocycles. The quantitative estimate of drug-likeness (QED) is 0.838. The van der Waals surface area contributed by atoms with Crippen LogP contribution >= 0.6 is 0 Å². The van der Waals surface area contributed by atoms with Gasteiger partial charge in [-0.1, -0.05) is 19.9 Å². The molecule has 4 nitrogen and oxygen atoms in total. The Kier molecular flexibility index (Phi) is 4.68. The Balaban J connectivity index is 2.96. The molecule has 0 heterocycles. The molecule has 5 heteroatoms. The van der Waals surface area contributed by atoms with Crippen LogP contribution in [0.2, 0.25) is 0 Å². The van der Waals surface area contributed by atoms with Gasteiger partial charge in [0.15, 0.2) is 0 Å². The van der Waals surface area contributed by atoms with Crippen LogP contribution in [-0.2, 0) is 16.6 Å². The average molecular weight is 257 g/mol. The minimum atomic E-state index is -3.43. The van der Waals surface area contributed by atoms with E-state index in [1.165, 1.54) is 6.07 Å². The minimum absolute atomic E-state index is 0.0778. The maximum absolute atomic E-state index is 11.9. The Bertz CT molecular complexity index is 481. The SMILES string of the molecule is Cc1cc(S(=O)(=O)NCC(C)C)ccc1CO. The summed E-state index contributed by atoms with van der Waals surface area (Å²) >= 11 is 0. The number of sulfonamides is 1. The summed E-state index contributed by atoms with van der Waals surface area (Å²) in [7, 11) is -3.43. The lowest BCUT2D eigenvalue weighted by Gasteiger charge is -2.10. The summed E-state index contributed by atoms with van der Waals surface area (Å²) in [6, 6.07) is 4.73. The van der Waals surface area contributed by atoms with Crippen molar-refractivity contribution in [2.24, 2.45) is 5.92 Å². The Morgan fingerprint density at radius 1 is 1.35 bits per heavy atom. The molecule has 0 fully saturated rings. The Morgan fingerprint density at radius 3 is 2.47 bits per heavy atom. The van der Waals surface area contributed by atoms with E-state index in [1.54, 1.807) is 19.1 Å². The number of rotatable bonds is 5. The first kappa shape index (κ1) is 14.2. The monoisotopic (exact) mass is 257 g/mol. The second kappa shape index (κ2) is 5.62. The summed E-state index contributed by atoms with van der Waals surface area (Å²) in [5, 5.41) is 9.02. The Hall–Kier alpha value is -0.910. The van der Waals surface area contributed by atoms with E-state index in [9.17, 15) is 8.42 Å². The summed E-state index contributed by atoms with van der Waals surface area (Å²) in [6.07, 6.45) is 0. The molecular formula is C12H19NO3S. The van der Waals surface area contributed by atoms with Crippen molar-refractivity contribution >= 4 is 10.0 Å². The largest absolute Gasteiger partial charge is 0.392 e. The van der Waals surface area contributed by atoms with Crippen LogP contribution in [0.5, 0.6) is 0 Å². The molecule has 1 aromatic carbocycles. The van der Waals surface area contributed by atoms with E-state index >= 15 is 0 Å². The van der Waals surface area contributed by atoms with Crippen molar-refractivity contribution in [3.8, 4) is 0 Å². The fourth-order valence-electron chi connectivity index (χ4n) is 1.37. The Morgan fingerprint density at radius 2 is 2.00 bits per heavy atom. The van der Waals surface area contributed by atoms with Gasteiger partial charge in [0, 0.05) is 6.54 Å². The Labute approximate surface area is 103 Å². The molecule has 0 unspecified atom stereocenters. The molecule has 0 spiro atoms. The van der Waals surface area contributed by atoms with Crippen LogP contribution in [-0.4, -0.2) is 20.1 Å². The topological polar surface area (TPSA) is 66.4 Å². The van der Waals surface area contributed by atoms with Crippen molar-refractivity contribution in [1.29, 1.82) is 0 Å². The van der Waals surface area contributed by atoms with Gasteiger partial charge < -0.3 is 5.11 Å². The molecule has 1 rings (SSSR count). The van der Waals surface area contributed by atoms with Crippen LogP contribution in [0, 0.1) is 12.8 Å². The average Bonchev–Trinajstić information content (AvgIpc) is 2.26. The van der Waals surface area contributed by atoms with E-state index in [4.69, 9.17) is 5.11 Å². The van der Waals surface area contributed by atoms with E-state index in [1.807, 2.05) is 13.8 Å². The highest BCUT2D eigenvalue weighted by atomic mass is 32.2. The van der Waals surface area contributed by atoms with Gasteiger partial charge in [-0.3, -0.25) is 0 Å². The van der Waals surface area contributed by atoms with Gasteiger partial charge in [0.25, 0.3) is 0 Å². The first-order chi connectivity index (χ1) is 7.86. The van der Waals surface area contributed by atoms with E-state index in [0.29, 0.717) is 6.54 Å². The summed E-state index contributed by atoms with van der Waals surface area (Å²) in [5.74, 6) is 0.266. The van der Waals surface area contributed by atoms with Crippen molar-refractivity contribution in [3.05, 3.63) is 29.3 Å². The molecule has 2 N–H and O–H groups in total. The fraction of sp³-hybridized carbons (Fsp3) is 0.500. The van der Waals surface area contributed by atoms with E-state index in [-0.39, 0.29) is 17.4 Å². The molecular weight excluding hydrogens is 238 g/mol. The predicted molar refractivity (Wildman–Crippen MR) is 67.1 cm³/mol. The van der Waals surface area contributed by atoms with Crippen molar-refractivity contribution in [2.75, 3.05) is 6.54 Å². The molecule has 0 aliphatic carbocycles. The fourth-order valence-corrected chi connectivity index (χ4v) is 2.67. The molecule has 0 bridgehead atoms. The number of aryl methyl sites for hydroxylation is 1. The lowest BCUT2D eigenvalue weighted by Crippen LogP contribution is -2.27. The molecule has 0 radical (unpaired) electrons. The van der Waals surface area contributed by atoms with E-state index < -0.39 is 10.0 Å². The summed E-state index contributed by atoms with van der Waals surface area (Å²) in [5.41, 5.74) is 1.52. The number of nitrogens with one attached hydrogen (secondary N) is 1. The van der Waals surface area contributed by atoms with Crippen LogP contribution in [0.15, 0.2) is 23.1 Å². The van der Waals surface area contributed by atoms with Crippen LogP contribution < -0.4 is 4.72 Å². The molecule has 96 valence electrons. The normalized spacial score (nSPS) is 12.1. The van der Waals surface area contributed by atoms with Gasteiger partial charge in [0.05, 0.1) is 11.5 Å². The molecule has 0 aliphatic rings. The third-order valence-corrected chi connectivity index (χ3v) is 3.90. The molecule has 17 heavy (non-hydrogen) atoms. The number of aliphatic hydroxyl groups is 1. The lowest BCUT2D eigenvalue weighted by molar-refractivity contribution is 0.281. The van der Waals surface area contributed by atoms with Gasteiger partial charge in [-0.15, -0.1) is 0 Å². The molecule has 0 amide bonds. The van der Waals surface area contributed by atoms with Gasteiger partial charge in [0.2, 0.25) is 10.0 Å².